The summed E-state index contributed by atoms with van der Waals surface area (Å²) in [6.07, 6.45) is 6.62. The van der Waals surface area contributed by atoms with Gasteiger partial charge < -0.3 is 9.47 Å². The Hall–Kier alpha value is -0.860. The molecule has 1 saturated heterocycles. The fraction of sp³-hybridized carbons (Fsp3) is 0.647. The summed E-state index contributed by atoms with van der Waals surface area (Å²) in [5, 5.41) is 0. The van der Waals surface area contributed by atoms with Gasteiger partial charge in [-0.05, 0) is 30.2 Å². The van der Waals surface area contributed by atoms with Crippen molar-refractivity contribution >= 4 is 0 Å². The maximum Gasteiger partial charge on any atom is 0.184 e. The van der Waals surface area contributed by atoms with Crippen molar-refractivity contribution in [1.29, 1.82) is 0 Å². The Morgan fingerprint density at radius 2 is 1.89 bits per heavy atom. The van der Waals surface area contributed by atoms with Crippen LogP contribution in [0.25, 0.3) is 0 Å². The van der Waals surface area contributed by atoms with Gasteiger partial charge in [0.1, 0.15) is 0 Å². The minimum absolute atomic E-state index is 0.128. The van der Waals surface area contributed by atoms with Gasteiger partial charge in [0.05, 0.1) is 13.2 Å². The quantitative estimate of drug-likeness (QED) is 0.814. The van der Waals surface area contributed by atoms with E-state index < -0.39 is 0 Å². The van der Waals surface area contributed by atoms with Crippen molar-refractivity contribution < 1.29 is 9.47 Å². The molecule has 1 saturated carbocycles. The van der Waals surface area contributed by atoms with Crippen LogP contribution in [0.1, 0.15) is 50.0 Å². The third kappa shape index (κ3) is 3.18. The number of hydrogen-bond acceptors (Lipinski definition) is 2. The minimum Gasteiger partial charge on any atom is -0.346 e. The highest BCUT2D eigenvalue weighted by Crippen LogP contribution is 2.34. The molecule has 2 atom stereocenters. The van der Waals surface area contributed by atoms with Crippen LogP contribution in [0.5, 0.6) is 0 Å². The van der Waals surface area contributed by atoms with E-state index in [4.69, 9.17) is 9.47 Å². The van der Waals surface area contributed by atoms with Gasteiger partial charge in [0.2, 0.25) is 0 Å². The molecular formula is C17H24O2. The maximum atomic E-state index is 5.67. The minimum atomic E-state index is -0.128. The lowest BCUT2D eigenvalue weighted by molar-refractivity contribution is -0.0448. The number of hydrogen-bond donors (Lipinski definition) is 0. The highest BCUT2D eigenvalue weighted by atomic mass is 16.7. The van der Waals surface area contributed by atoms with Crippen LogP contribution in [-0.4, -0.2) is 13.2 Å². The summed E-state index contributed by atoms with van der Waals surface area (Å²) >= 11 is 0. The molecule has 1 aromatic carbocycles. The molecule has 0 radical (unpaired) electrons. The molecule has 2 aliphatic rings. The van der Waals surface area contributed by atoms with E-state index in [2.05, 4.69) is 31.2 Å². The van der Waals surface area contributed by atoms with E-state index in [-0.39, 0.29) is 6.29 Å². The van der Waals surface area contributed by atoms with Crippen molar-refractivity contribution in [3.8, 4) is 0 Å². The van der Waals surface area contributed by atoms with Crippen LogP contribution in [0.4, 0.5) is 0 Å². The summed E-state index contributed by atoms with van der Waals surface area (Å²) in [6.45, 7) is 3.83. The molecule has 3 rings (SSSR count). The maximum absolute atomic E-state index is 5.67. The molecule has 1 aromatic rings. The third-order valence-corrected chi connectivity index (χ3v) is 4.48. The van der Waals surface area contributed by atoms with Crippen LogP contribution < -0.4 is 0 Å². The monoisotopic (exact) mass is 260 g/mol. The second-order valence-corrected chi connectivity index (χ2v) is 6.11. The molecule has 1 aliphatic carbocycles. The molecule has 19 heavy (non-hydrogen) atoms. The van der Waals surface area contributed by atoms with E-state index >= 15 is 0 Å². The molecule has 0 aromatic heterocycles. The predicted octanol–water partition coefficient (Wildman–Crippen LogP) is 4.10. The van der Waals surface area contributed by atoms with E-state index in [0.717, 1.165) is 25.0 Å². The van der Waals surface area contributed by atoms with E-state index in [9.17, 15) is 0 Å². The summed E-state index contributed by atoms with van der Waals surface area (Å²) in [5.74, 6) is 1.73. The second kappa shape index (κ2) is 6.06. The van der Waals surface area contributed by atoms with Crippen LogP contribution in [0.2, 0.25) is 0 Å². The summed E-state index contributed by atoms with van der Waals surface area (Å²) in [4.78, 5) is 0. The molecule has 0 spiro atoms. The average molecular weight is 260 g/mol. The number of benzene rings is 1. The zero-order chi connectivity index (χ0) is 13.1. The number of rotatable bonds is 3. The van der Waals surface area contributed by atoms with Crippen LogP contribution in [0.15, 0.2) is 24.3 Å². The first-order valence-corrected chi connectivity index (χ1v) is 7.64. The van der Waals surface area contributed by atoms with Gasteiger partial charge in [-0.3, -0.25) is 0 Å². The fourth-order valence-electron chi connectivity index (χ4n) is 3.54. The molecule has 104 valence electrons. The van der Waals surface area contributed by atoms with Gasteiger partial charge in [-0.2, -0.15) is 0 Å². The van der Waals surface area contributed by atoms with Gasteiger partial charge in [-0.1, -0.05) is 50.5 Å². The summed E-state index contributed by atoms with van der Waals surface area (Å²) in [7, 11) is 0. The van der Waals surface area contributed by atoms with E-state index in [1.54, 1.807) is 0 Å². The Labute approximate surface area is 116 Å². The molecule has 1 aliphatic heterocycles. The Balaban J connectivity index is 1.72. The lowest BCUT2D eigenvalue weighted by atomic mass is 9.79. The molecule has 0 bridgehead atoms. The van der Waals surface area contributed by atoms with Crippen LogP contribution in [0.3, 0.4) is 0 Å². The second-order valence-electron chi connectivity index (χ2n) is 6.11. The van der Waals surface area contributed by atoms with Gasteiger partial charge in [-0.25, -0.2) is 0 Å². The number of ether oxygens (including phenoxy) is 2. The van der Waals surface area contributed by atoms with Gasteiger partial charge in [0.15, 0.2) is 6.29 Å². The largest absolute Gasteiger partial charge is 0.346 e. The van der Waals surface area contributed by atoms with Crippen LogP contribution >= 0.6 is 0 Å². The van der Waals surface area contributed by atoms with Crippen molar-refractivity contribution in [1.82, 2.24) is 0 Å². The standard InChI is InChI=1S/C17H24O2/c1-13-5-4-6-14(11-13)12-15-7-2-3-8-16(15)17-18-9-10-19-17/h2-3,7-8,13-14,17H,4-6,9-12H2,1H3. The first-order valence-electron chi connectivity index (χ1n) is 7.64. The highest BCUT2D eigenvalue weighted by Gasteiger charge is 2.24. The van der Waals surface area contributed by atoms with Gasteiger partial charge >= 0.3 is 0 Å². The summed E-state index contributed by atoms with van der Waals surface area (Å²) in [5.41, 5.74) is 2.67. The highest BCUT2D eigenvalue weighted by molar-refractivity contribution is 5.29. The molecule has 2 fully saturated rings. The Morgan fingerprint density at radius 1 is 1.11 bits per heavy atom. The van der Waals surface area contributed by atoms with Crippen LogP contribution in [-0.2, 0) is 15.9 Å². The zero-order valence-electron chi connectivity index (χ0n) is 11.8. The van der Waals surface area contributed by atoms with Gasteiger partial charge in [0, 0.05) is 5.56 Å². The van der Waals surface area contributed by atoms with Gasteiger partial charge in [0.25, 0.3) is 0 Å². The zero-order valence-corrected chi connectivity index (χ0v) is 11.8. The summed E-state index contributed by atoms with van der Waals surface area (Å²) < 4.78 is 11.3. The van der Waals surface area contributed by atoms with E-state index in [0.29, 0.717) is 0 Å². The Kier molecular flexibility index (Phi) is 4.19. The van der Waals surface area contributed by atoms with E-state index in [1.165, 1.54) is 43.2 Å². The Morgan fingerprint density at radius 3 is 2.68 bits per heavy atom. The third-order valence-electron chi connectivity index (χ3n) is 4.48. The molecular weight excluding hydrogens is 236 g/mol. The van der Waals surface area contributed by atoms with Crippen molar-refractivity contribution in [2.75, 3.05) is 13.2 Å². The lowest BCUT2D eigenvalue weighted by Crippen LogP contribution is -2.16. The first kappa shape index (κ1) is 13.1. The lowest BCUT2D eigenvalue weighted by Gasteiger charge is -2.27. The van der Waals surface area contributed by atoms with Gasteiger partial charge in [-0.15, -0.1) is 0 Å². The molecule has 2 nitrogen and oxygen atoms in total. The van der Waals surface area contributed by atoms with Crippen molar-refractivity contribution in [2.45, 2.75) is 45.3 Å². The van der Waals surface area contributed by atoms with Crippen molar-refractivity contribution in [3.05, 3.63) is 35.4 Å². The Bertz CT molecular complexity index is 409. The molecule has 0 amide bonds. The predicted molar refractivity (Wildman–Crippen MR) is 75.9 cm³/mol. The molecule has 1 heterocycles. The van der Waals surface area contributed by atoms with Crippen molar-refractivity contribution in [2.24, 2.45) is 11.8 Å². The fourth-order valence-corrected chi connectivity index (χ4v) is 3.54. The van der Waals surface area contributed by atoms with Crippen molar-refractivity contribution in [3.63, 3.8) is 0 Å². The molecule has 2 unspecified atom stereocenters. The topological polar surface area (TPSA) is 18.5 Å². The summed E-state index contributed by atoms with van der Waals surface area (Å²) in [6, 6.07) is 8.64. The first-order chi connectivity index (χ1) is 9.33. The smallest absolute Gasteiger partial charge is 0.184 e. The van der Waals surface area contributed by atoms with Crippen LogP contribution in [0, 0.1) is 11.8 Å². The molecule has 0 N–H and O–H groups in total. The van der Waals surface area contributed by atoms with E-state index in [1.807, 2.05) is 0 Å². The average Bonchev–Trinajstić information content (AvgIpc) is 2.93. The molecule has 2 heteroatoms. The SMILES string of the molecule is CC1CCCC(Cc2ccccc2C2OCCO2)C1. The normalized spacial score (nSPS) is 28.7.